The van der Waals surface area contributed by atoms with E-state index in [-0.39, 0.29) is 12.6 Å². The fourth-order valence-corrected chi connectivity index (χ4v) is 2.64. The molecule has 2 atom stereocenters. The van der Waals surface area contributed by atoms with Crippen LogP contribution in [0.2, 0.25) is 0 Å². The molecule has 0 aliphatic rings. The molecule has 0 saturated heterocycles. The molecule has 2 aromatic rings. The Labute approximate surface area is 152 Å². The van der Waals surface area contributed by atoms with Gasteiger partial charge >= 0.3 is 5.97 Å². The number of hydrogen-bond acceptors (Lipinski definition) is 6. The Bertz CT molecular complexity index is 776. The van der Waals surface area contributed by atoms with Crippen LogP contribution in [0.3, 0.4) is 0 Å². The number of carbonyl (C=O) groups is 1. The molecule has 2 unspecified atom stereocenters. The SMILES string of the molecule is COc1ccc2cc(C(C)C(=O)OCCCC(C)O[N+](=O)[O-])ccc2c1. The minimum Gasteiger partial charge on any atom is -0.497 e. The van der Waals surface area contributed by atoms with Crippen molar-refractivity contribution in [3.8, 4) is 5.75 Å². The molecule has 0 amide bonds. The Morgan fingerprint density at radius 2 is 1.85 bits per heavy atom. The van der Waals surface area contributed by atoms with Crippen LogP contribution in [0.1, 0.15) is 38.2 Å². The highest BCUT2D eigenvalue weighted by Crippen LogP contribution is 2.25. The lowest BCUT2D eigenvalue weighted by Crippen LogP contribution is -2.16. The molecule has 0 fully saturated rings. The molecule has 7 nitrogen and oxygen atoms in total. The summed E-state index contributed by atoms with van der Waals surface area (Å²) in [7, 11) is 1.62. The van der Waals surface area contributed by atoms with Crippen molar-refractivity contribution >= 4 is 16.7 Å². The van der Waals surface area contributed by atoms with E-state index in [0.29, 0.717) is 12.8 Å². The van der Waals surface area contributed by atoms with E-state index >= 15 is 0 Å². The summed E-state index contributed by atoms with van der Waals surface area (Å²) in [5.41, 5.74) is 0.873. The first-order chi connectivity index (χ1) is 12.4. The van der Waals surface area contributed by atoms with Crippen LogP contribution in [-0.2, 0) is 14.4 Å². The van der Waals surface area contributed by atoms with Crippen molar-refractivity contribution in [1.29, 1.82) is 0 Å². The molecule has 2 aromatic carbocycles. The summed E-state index contributed by atoms with van der Waals surface area (Å²) in [6, 6.07) is 11.6. The van der Waals surface area contributed by atoms with Gasteiger partial charge in [-0.3, -0.25) is 4.79 Å². The van der Waals surface area contributed by atoms with E-state index in [1.165, 1.54) is 0 Å². The number of nitrogens with zero attached hydrogens (tertiary/aromatic N) is 1. The van der Waals surface area contributed by atoms with Gasteiger partial charge in [-0.25, -0.2) is 0 Å². The third kappa shape index (κ3) is 5.34. The maximum absolute atomic E-state index is 12.2. The third-order valence-corrected chi connectivity index (χ3v) is 4.19. The van der Waals surface area contributed by atoms with E-state index in [1.807, 2.05) is 36.4 Å². The van der Waals surface area contributed by atoms with Crippen molar-refractivity contribution in [2.45, 2.75) is 38.7 Å². The van der Waals surface area contributed by atoms with E-state index in [9.17, 15) is 14.9 Å². The maximum atomic E-state index is 12.2. The first-order valence-electron chi connectivity index (χ1n) is 8.46. The highest BCUT2D eigenvalue weighted by molar-refractivity contribution is 5.86. The fourth-order valence-electron chi connectivity index (χ4n) is 2.64. The molecule has 0 aromatic heterocycles. The number of hydrogen-bond donors (Lipinski definition) is 0. The average Bonchev–Trinajstić information content (AvgIpc) is 2.62. The summed E-state index contributed by atoms with van der Waals surface area (Å²) in [4.78, 5) is 26.8. The lowest BCUT2D eigenvalue weighted by Gasteiger charge is -2.14. The van der Waals surface area contributed by atoms with Gasteiger partial charge in [0.25, 0.3) is 5.09 Å². The molecule has 0 saturated carbocycles. The number of ether oxygens (including phenoxy) is 2. The zero-order valence-corrected chi connectivity index (χ0v) is 15.1. The molecule has 0 N–H and O–H groups in total. The number of esters is 1. The largest absolute Gasteiger partial charge is 0.497 e. The average molecular weight is 361 g/mol. The van der Waals surface area contributed by atoms with Crippen LogP contribution in [0, 0.1) is 10.1 Å². The van der Waals surface area contributed by atoms with Crippen LogP contribution in [0.15, 0.2) is 36.4 Å². The van der Waals surface area contributed by atoms with Gasteiger partial charge in [-0.05, 0) is 55.2 Å². The Morgan fingerprint density at radius 3 is 2.54 bits per heavy atom. The number of rotatable bonds is 9. The molecular weight excluding hydrogens is 338 g/mol. The summed E-state index contributed by atoms with van der Waals surface area (Å²) < 4.78 is 10.5. The van der Waals surface area contributed by atoms with E-state index in [1.54, 1.807) is 21.0 Å². The van der Waals surface area contributed by atoms with E-state index in [4.69, 9.17) is 9.47 Å². The Hall–Kier alpha value is -2.83. The van der Waals surface area contributed by atoms with Crippen molar-refractivity contribution in [3.05, 3.63) is 52.1 Å². The predicted molar refractivity (Wildman–Crippen MR) is 96.6 cm³/mol. The standard InChI is InChI=1S/C19H23NO6/c1-13(26-20(22)23)5-4-10-25-19(21)14(2)15-6-7-17-12-18(24-3)9-8-16(17)11-15/h6-9,11-14H,4-5,10H2,1-3H3. The van der Waals surface area contributed by atoms with Gasteiger partial charge in [-0.1, -0.05) is 24.3 Å². The fraction of sp³-hybridized carbons (Fsp3) is 0.421. The van der Waals surface area contributed by atoms with Crippen LogP contribution >= 0.6 is 0 Å². The van der Waals surface area contributed by atoms with Gasteiger partial charge in [0.1, 0.15) is 11.9 Å². The van der Waals surface area contributed by atoms with E-state index < -0.39 is 17.1 Å². The second kappa shape index (κ2) is 9.03. The lowest BCUT2D eigenvalue weighted by molar-refractivity contribution is -0.767. The van der Waals surface area contributed by atoms with Crippen LogP contribution < -0.4 is 4.74 Å². The number of carbonyl (C=O) groups excluding carboxylic acids is 1. The maximum Gasteiger partial charge on any atom is 0.313 e. The number of benzene rings is 2. The van der Waals surface area contributed by atoms with Gasteiger partial charge in [0.05, 0.1) is 19.6 Å². The first kappa shape index (κ1) is 19.5. The molecule has 0 heterocycles. The van der Waals surface area contributed by atoms with Crippen molar-refractivity contribution in [2.75, 3.05) is 13.7 Å². The summed E-state index contributed by atoms with van der Waals surface area (Å²) in [5, 5.41) is 11.5. The van der Waals surface area contributed by atoms with Crippen molar-refractivity contribution < 1.29 is 24.2 Å². The molecule has 0 aliphatic carbocycles. The summed E-state index contributed by atoms with van der Waals surface area (Å²) in [5.74, 6) is 0.0719. The molecule has 26 heavy (non-hydrogen) atoms. The third-order valence-electron chi connectivity index (χ3n) is 4.19. The second-order valence-electron chi connectivity index (χ2n) is 6.14. The lowest BCUT2D eigenvalue weighted by atomic mass is 9.98. The van der Waals surface area contributed by atoms with Gasteiger partial charge in [0.15, 0.2) is 0 Å². The molecule has 140 valence electrons. The van der Waals surface area contributed by atoms with Gasteiger partial charge in [-0.15, -0.1) is 10.1 Å². The molecule has 0 spiro atoms. The zero-order chi connectivity index (χ0) is 19.1. The Kier molecular flexibility index (Phi) is 6.77. The molecule has 0 aliphatic heterocycles. The van der Waals surface area contributed by atoms with Crippen LogP contribution in [0.4, 0.5) is 0 Å². The number of fused-ring (bicyclic) bond motifs is 1. The van der Waals surface area contributed by atoms with Gasteiger partial charge in [0.2, 0.25) is 0 Å². The molecule has 7 heteroatoms. The number of methoxy groups -OCH3 is 1. The van der Waals surface area contributed by atoms with Crippen LogP contribution in [-0.4, -0.2) is 30.9 Å². The minimum atomic E-state index is -0.811. The zero-order valence-electron chi connectivity index (χ0n) is 15.1. The summed E-state index contributed by atoms with van der Waals surface area (Å²) in [6.45, 7) is 3.61. The van der Waals surface area contributed by atoms with Crippen LogP contribution in [0.25, 0.3) is 10.8 Å². The normalized spacial score (nSPS) is 13.0. The van der Waals surface area contributed by atoms with Gasteiger partial charge < -0.3 is 14.3 Å². The minimum absolute atomic E-state index is 0.208. The quantitative estimate of drug-likeness (QED) is 0.291. The van der Waals surface area contributed by atoms with Gasteiger partial charge in [-0.2, -0.15) is 0 Å². The van der Waals surface area contributed by atoms with Crippen molar-refractivity contribution in [1.82, 2.24) is 0 Å². The van der Waals surface area contributed by atoms with Crippen LogP contribution in [0.5, 0.6) is 5.75 Å². The van der Waals surface area contributed by atoms with E-state index in [2.05, 4.69) is 4.84 Å². The monoisotopic (exact) mass is 361 g/mol. The molecular formula is C19H23NO6. The Balaban J connectivity index is 1.89. The van der Waals surface area contributed by atoms with E-state index in [0.717, 1.165) is 22.1 Å². The topological polar surface area (TPSA) is 87.9 Å². The van der Waals surface area contributed by atoms with Crippen molar-refractivity contribution in [2.24, 2.45) is 0 Å². The molecule has 0 bridgehead atoms. The molecule has 0 radical (unpaired) electrons. The highest BCUT2D eigenvalue weighted by Gasteiger charge is 2.17. The summed E-state index contributed by atoms with van der Waals surface area (Å²) in [6.07, 6.45) is 0.435. The predicted octanol–water partition coefficient (Wildman–Crippen LogP) is 3.87. The Morgan fingerprint density at radius 1 is 1.15 bits per heavy atom. The van der Waals surface area contributed by atoms with Gasteiger partial charge in [0, 0.05) is 0 Å². The second-order valence-corrected chi connectivity index (χ2v) is 6.14. The van der Waals surface area contributed by atoms with Crippen molar-refractivity contribution in [3.63, 3.8) is 0 Å². The first-order valence-corrected chi connectivity index (χ1v) is 8.46. The highest BCUT2D eigenvalue weighted by atomic mass is 17.0. The summed E-state index contributed by atoms with van der Waals surface area (Å²) >= 11 is 0. The molecule has 2 rings (SSSR count). The smallest absolute Gasteiger partial charge is 0.313 e.